The van der Waals surface area contributed by atoms with E-state index in [0.29, 0.717) is 5.02 Å². The van der Waals surface area contributed by atoms with Crippen molar-refractivity contribution in [3.63, 3.8) is 0 Å². The van der Waals surface area contributed by atoms with Crippen LogP contribution in [0.5, 0.6) is 0 Å². The Labute approximate surface area is 159 Å². The van der Waals surface area contributed by atoms with Gasteiger partial charge in [0, 0.05) is 4.90 Å². The molecule has 0 fully saturated rings. The van der Waals surface area contributed by atoms with Crippen LogP contribution in [0, 0.1) is 6.92 Å². The lowest BCUT2D eigenvalue weighted by atomic mass is 10.1. The van der Waals surface area contributed by atoms with Crippen LogP contribution >= 0.6 is 23.4 Å². The molecule has 0 aliphatic rings. The Morgan fingerprint density at radius 3 is 2.58 bits per heavy atom. The van der Waals surface area contributed by atoms with Crippen LogP contribution in [0.3, 0.4) is 0 Å². The Hall–Kier alpha value is -2.45. The number of carbonyl (C=O) groups is 3. The van der Waals surface area contributed by atoms with Crippen molar-refractivity contribution < 1.29 is 23.5 Å². The van der Waals surface area contributed by atoms with Crippen LogP contribution < -0.4 is 11.1 Å². The summed E-state index contributed by atoms with van der Waals surface area (Å²) in [5.74, 6) is -2.11. The number of halogens is 1. The summed E-state index contributed by atoms with van der Waals surface area (Å²) in [6.07, 6.45) is 0. The Morgan fingerprint density at radius 2 is 1.96 bits per heavy atom. The second-order valence-corrected chi connectivity index (χ2v) is 6.51. The van der Waals surface area contributed by atoms with Gasteiger partial charge in [0.2, 0.25) is 11.8 Å². The molecular formula is C17H17ClN2O5S. The van der Waals surface area contributed by atoms with Gasteiger partial charge in [-0.2, -0.15) is 0 Å². The Kier molecular flexibility index (Phi) is 6.70. The van der Waals surface area contributed by atoms with Crippen molar-refractivity contribution >= 4 is 47.0 Å². The van der Waals surface area contributed by atoms with Gasteiger partial charge in [0.15, 0.2) is 0 Å². The number of carbonyl (C=O) groups excluding carboxylic acids is 3. The maximum Gasteiger partial charge on any atom is 0.342 e. The van der Waals surface area contributed by atoms with E-state index in [9.17, 15) is 14.4 Å². The van der Waals surface area contributed by atoms with E-state index in [2.05, 4.69) is 5.32 Å². The number of hydrogen-bond acceptors (Lipinski definition) is 6. The number of hydrogen-bond donors (Lipinski definition) is 2. The number of thioether (sulfide) groups is 1. The molecule has 0 atom stereocenters. The van der Waals surface area contributed by atoms with Gasteiger partial charge in [-0.3, -0.25) is 14.9 Å². The molecule has 138 valence electrons. The van der Waals surface area contributed by atoms with Crippen LogP contribution in [-0.2, 0) is 9.53 Å². The number of aryl methyl sites for hydroxylation is 1. The Bertz CT molecular complexity index is 850. The normalized spacial score (nSPS) is 10.4. The Balaban J connectivity index is 2.17. The number of rotatable bonds is 7. The van der Waals surface area contributed by atoms with E-state index in [4.69, 9.17) is 26.5 Å². The van der Waals surface area contributed by atoms with Crippen LogP contribution in [0.25, 0.3) is 0 Å². The predicted octanol–water partition coefficient (Wildman–Crippen LogP) is 3.25. The minimum Gasteiger partial charge on any atom is -0.462 e. The van der Waals surface area contributed by atoms with Gasteiger partial charge in [-0.15, -0.1) is 11.8 Å². The van der Waals surface area contributed by atoms with E-state index >= 15 is 0 Å². The lowest BCUT2D eigenvalue weighted by molar-refractivity contribution is -0.113. The Morgan fingerprint density at radius 1 is 1.27 bits per heavy atom. The molecule has 0 radical (unpaired) electrons. The molecule has 0 aliphatic carbocycles. The van der Waals surface area contributed by atoms with E-state index in [1.165, 1.54) is 18.7 Å². The average molecular weight is 397 g/mol. The molecule has 26 heavy (non-hydrogen) atoms. The number of furan rings is 1. The zero-order chi connectivity index (χ0) is 19.3. The quantitative estimate of drug-likeness (QED) is 0.548. The highest BCUT2D eigenvalue weighted by Gasteiger charge is 2.29. The molecule has 2 aromatic rings. The summed E-state index contributed by atoms with van der Waals surface area (Å²) in [7, 11) is 0. The fourth-order valence-electron chi connectivity index (χ4n) is 2.18. The minimum atomic E-state index is -0.904. The van der Waals surface area contributed by atoms with Crippen molar-refractivity contribution in [2.75, 3.05) is 17.7 Å². The van der Waals surface area contributed by atoms with Crippen molar-refractivity contribution in [2.24, 2.45) is 5.73 Å². The van der Waals surface area contributed by atoms with E-state index in [1.54, 1.807) is 31.2 Å². The third-order valence-corrected chi connectivity index (χ3v) is 4.77. The molecule has 0 unspecified atom stereocenters. The second kappa shape index (κ2) is 8.77. The molecule has 0 aliphatic heterocycles. The molecule has 1 aromatic heterocycles. The molecule has 1 heterocycles. The number of nitrogens with one attached hydrogen (secondary N) is 1. The van der Waals surface area contributed by atoms with Gasteiger partial charge >= 0.3 is 5.97 Å². The van der Waals surface area contributed by atoms with Gasteiger partial charge < -0.3 is 14.9 Å². The number of anilines is 1. The van der Waals surface area contributed by atoms with Crippen LogP contribution in [-0.4, -0.2) is 30.1 Å². The number of benzene rings is 1. The zero-order valence-corrected chi connectivity index (χ0v) is 15.7. The molecule has 0 bridgehead atoms. The molecule has 2 amide bonds. The first-order chi connectivity index (χ1) is 12.3. The molecule has 0 saturated heterocycles. The SMILES string of the molecule is CCOC(=O)c1c(C)oc(NC(=O)CSc2ccccc2Cl)c1C(N)=O. The van der Waals surface area contributed by atoms with Crippen molar-refractivity contribution in [1.29, 1.82) is 0 Å². The van der Waals surface area contributed by atoms with Crippen molar-refractivity contribution in [2.45, 2.75) is 18.7 Å². The standard InChI is InChI=1S/C17H17ClN2O5S/c1-3-24-17(23)13-9(2)25-16(14(13)15(19)22)20-12(21)8-26-11-7-5-4-6-10(11)18/h4-7H,3,8H2,1-2H3,(H2,19,22)(H,20,21). The molecule has 9 heteroatoms. The van der Waals surface area contributed by atoms with Crippen molar-refractivity contribution in [3.8, 4) is 0 Å². The highest BCUT2D eigenvalue weighted by Crippen LogP contribution is 2.29. The maximum atomic E-state index is 12.2. The fraction of sp³-hybridized carbons (Fsp3) is 0.235. The maximum absolute atomic E-state index is 12.2. The second-order valence-electron chi connectivity index (χ2n) is 5.09. The highest BCUT2D eigenvalue weighted by molar-refractivity contribution is 8.00. The van der Waals surface area contributed by atoms with Gasteiger partial charge in [0.05, 0.1) is 17.4 Å². The summed E-state index contributed by atoms with van der Waals surface area (Å²) < 4.78 is 10.3. The number of ether oxygens (including phenoxy) is 1. The van der Waals surface area contributed by atoms with Gasteiger partial charge in [-0.05, 0) is 26.0 Å². The monoisotopic (exact) mass is 396 g/mol. The van der Waals surface area contributed by atoms with E-state index in [0.717, 1.165) is 4.90 Å². The molecule has 1 aromatic carbocycles. The lowest BCUT2D eigenvalue weighted by Crippen LogP contribution is -2.21. The highest BCUT2D eigenvalue weighted by atomic mass is 35.5. The molecular weight excluding hydrogens is 380 g/mol. The van der Waals surface area contributed by atoms with Crippen LogP contribution in [0.1, 0.15) is 33.4 Å². The lowest BCUT2D eigenvalue weighted by Gasteiger charge is -2.06. The first kappa shape index (κ1) is 19.9. The minimum absolute atomic E-state index is 0.0242. The first-order valence-electron chi connectivity index (χ1n) is 7.62. The summed E-state index contributed by atoms with van der Waals surface area (Å²) in [6, 6.07) is 7.09. The number of primary amides is 1. The van der Waals surface area contributed by atoms with Gasteiger partial charge in [0.25, 0.3) is 5.91 Å². The summed E-state index contributed by atoms with van der Waals surface area (Å²) in [6.45, 7) is 3.23. The smallest absolute Gasteiger partial charge is 0.342 e. The zero-order valence-electron chi connectivity index (χ0n) is 14.1. The largest absolute Gasteiger partial charge is 0.462 e. The van der Waals surface area contributed by atoms with Crippen molar-refractivity contribution in [3.05, 3.63) is 46.2 Å². The predicted molar refractivity (Wildman–Crippen MR) is 98.7 cm³/mol. The average Bonchev–Trinajstić information content (AvgIpc) is 2.90. The topological polar surface area (TPSA) is 112 Å². The third kappa shape index (κ3) is 4.59. The number of esters is 1. The van der Waals surface area contributed by atoms with Crippen LogP contribution in [0.4, 0.5) is 5.88 Å². The summed E-state index contributed by atoms with van der Waals surface area (Å²) in [4.78, 5) is 36.7. The van der Waals surface area contributed by atoms with E-state index < -0.39 is 17.8 Å². The number of nitrogens with two attached hydrogens (primary N) is 1. The van der Waals surface area contributed by atoms with E-state index in [1.807, 2.05) is 0 Å². The molecule has 3 N–H and O–H groups in total. The number of amides is 2. The fourth-order valence-corrected chi connectivity index (χ4v) is 3.22. The summed E-state index contributed by atoms with van der Waals surface area (Å²) >= 11 is 7.26. The van der Waals surface area contributed by atoms with E-state index in [-0.39, 0.29) is 35.1 Å². The van der Waals surface area contributed by atoms with Gasteiger partial charge in [-0.25, -0.2) is 4.79 Å². The molecule has 2 rings (SSSR count). The first-order valence-corrected chi connectivity index (χ1v) is 8.99. The summed E-state index contributed by atoms with van der Waals surface area (Å²) in [5.41, 5.74) is 5.04. The van der Waals surface area contributed by atoms with Crippen molar-refractivity contribution in [1.82, 2.24) is 0 Å². The van der Waals surface area contributed by atoms with Crippen LogP contribution in [0.2, 0.25) is 5.02 Å². The van der Waals surface area contributed by atoms with Crippen LogP contribution in [0.15, 0.2) is 33.6 Å². The molecule has 7 nitrogen and oxygen atoms in total. The van der Waals surface area contributed by atoms with Gasteiger partial charge in [-0.1, -0.05) is 23.7 Å². The third-order valence-electron chi connectivity index (χ3n) is 3.26. The molecule has 0 saturated carbocycles. The van der Waals surface area contributed by atoms with Gasteiger partial charge in [0.1, 0.15) is 16.9 Å². The summed E-state index contributed by atoms with van der Waals surface area (Å²) in [5, 5.41) is 2.99. The molecule has 0 spiro atoms.